The Morgan fingerprint density at radius 3 is 2.53 bits per heavy atom. The summed E-state index contributed by atoms with van der Waals surface area (Å²) in [5, 5.41) is 2.66. The Morgan fingerprint density at radius 1 is 1.12 bits per heavy atom. The van der Waals surface area contributed by atoms with Gasteiger partial charge in [0, 0.05) is 17.6 Å². The van der Waals surface area contributed by atoms with Crippen molar-refractivity contribution in [2.24, 2.45) is 5.92 Å². The number of alkyl halides is 3. The fraction of sp³-hybridized carbons (Fsp3) is 0.417. The van der Waals surface area contributed by atoms with E-state index in [-0.39, 0.29) is 23.6 Å². The molecule has 3 aromatic rings. The van der Waals surface area contributed by atoms with Crippen molar-refractivity contribution in [1.29, 1.82) is 0 Å². The largest absolute Gasteiger partial charge is 0.416 e. The zero-order valence-electron chi connectivity index (χ0n) is 18.2. The lowest BCUT2D eigenvalue weighted by Gasteiger charge is -2.31. The number of anilines is 1. The fourth-order valence-corrected chi connectivity index (χ4v) is 4.35. The molecule has 1 saturated heterocycles. The van der Waals surface area contributed by atoms with Crippen molar-refractivity contribution in [3.8, 4) is 0 Å². The van der Waals surface area contributed by atoms with Gasteiger partial charge in [-0.15, -0.1) is 0 Å². The van der Waals surface area contributed by atoms with Gasteiger partial charge >= 0.3 is 6.18 Å². The first-order valence-electron chi connectivity index (χ1n) is 10.9. The van der Waals surface area contributed by atoms with Crippen LogP contribution >= 0.6 is 0 Å². The van der Waals surface area contributed by atoms with Crippen molar-refractivity contribution in [1.82, 2.24) is 14.5 Å². The van der Waals surface area contributed by atoms with E-state index in [0.29, 0.717) is 19.4 Å². The van der Waals surface area contributed by atoms with Crippen LogP contribution in [0.5, 0.6) is 0 Å². The molecule has 32 heavy (non-hydrogen) atoms. The molecule has 0 saturated carbocycles. The van der Waals surface area contributed by atoms with Gasteiger partial charge in [-0.25, -0.2) is 4.98 Å². The maximum Gasteiger partial charge on any atom is 0.416 e. The molecule has 1 fully saturated rings. The van der Waals surface area contributed by atoms with Crippen LogP contribution in [-0.2, 0) is 17.5 Å². The number of hydrogen-bond donors (Lipinski definition) is 1. The molecule has 2 aromatic carbocycles. The first-order valence-corrected chi connectivity index (χ1v) is 10.9. The normalized spacial score (nSPS) is 16.1. The number of para-hydroxylation sites is 2. The summed E-state index contributed by atoms with van der Waals surface area (Å²) in [4.78, 5) is 19.7. The lowest BCUT2D eigenvalue weighted by atomic mass is 9.95. The molecule has 0 atom stereocenters. The second kappa shape index (κ2) is 8.94. The summed E-state index contributed by atoms with van der Waals surface area (Å²) < 4.78 is 41.0. The molecule has 0 bridgehead atoms. The van der Waals surface area contributed by atoms with Gasteiger partial charge in [0.05, 0.1) is 23.1 Å². The smallest absolute Gasteiger partial charge is 0.326 e. The van der Waals surface area contributed by atoms with Gasteiger partial charge in [-0.05, 0) is 70.1 Å². The van der Waals surface area contributed by atoms with Crippen molar-refractivity contribution in [2.75, 3.05) is 18.4 Å². The third-order valence-electron chi connectivity index (χ3n) is 5.97. The van der Waals surface area contributed by atoms with Crippen molar-refractivity contribution in [2.45, 2.75) is 45.5 Å². The predicted molar refractivity (Wildman–Crippen MR) is 118 cm³/mol. The van der Waals surface area contributed by atoms with E-state index >= 15 is 0 Å². The maximum atomic E-state index is 12.9. The van der Waals surface area contributed by atoms with Crippen LogP contribution in [0.25, 0.3) is 11.0 Å². The van der Waals surface area contributed by atoms with Gasteiger partial charge in [-0.3, -0.25) is 9.69 Å². The highest BCUT2D eigenvalue weighted by Gasteiger charge is 2.31. The van der Waals surface area contributed by atoms with Crippen LogP contribution in [0.3, 0.4) is 0 Å². The molecule has 4 rings (SSSR count). The molecular formula is C24H27F3N4O. The van der Waals surface area contributed by atoms with Crippen molar-refractivity contribution >= 4 is 22.6 Å². The zero-order chi connectivity index (χ0) is 22.9. The predicted octanol–water partition coefficient (Wildman–Crippen LogP) is 5.49. The quantitative estimate of drug-likeness (QED) is 0.566. The second-order valence-electron chi connectivity index (χ2n) is 8.60. The number of likely N-dealkylation sites (tertiary alicyclic amines) is 1. The fourth-order valence-electron chi connectivity index (χ4n) is 4.35. The average Bonchev–Trinajstić information content (AvgIpc) is 3.12. The number of imidazole rings is 1. The molecule has 2 heterocycles. The van der Waals surface area contributed by atoms with E-state index in [1.54, 1.807) is 0 Å². The number of hydrogen-bond acceptors (Lipinski definition) is 3. The van der Waals surface area contributed by atoms with Crippen LogP contribution in [0.2, 0.25) is 0 Å². The Hall–Kier alpha value is -2.87. The van der Waals surface area contributed by atoms with Crippen LogP contribution in [0.15, 0.2) is 48.5 Å². The molecule has 0 unspecified atom stereocenters. The minimum absolute atomic E-state index is 0.179. The van der Waals surface area contributed by atoms with Gasteiger partial charge in [-0.1, -0.05) is 18.2 Å². The van der Waals surface area contributed by atoms with Gasteiger partial charge in [0.25, 0.3) is 0 Å². The molecule has 0 aliphatic carbocycles. The van der Waals surface area contributed by atoms with Gasteiger partial charge in [0.1, 0.15) is 5.82 Å². The molecule has 0 radical (unpaired) electrons. The van der Waals surface area contributed by atoms with E-state index in [0.717, 1.165) is 42.1 Å². The second-order valence-corrected chi connectivity index (χ2v) is 8.60. The number of nitrogens with zero attached hydrogens (tertiary/aromatic N) is 3. The number of fused-ring (bicyclic) bond motifs is 1. The van der Waals surface area contributed by atoms with Gasteiger partial charge < -0.3 is 9.88 Å². The standard InChI is InChI=1S/C24H27F3N4O/c1-16(2)31-21-9-4-3-8-20(21)29-22(31)15-30-12-10-17(11-13-30)23(32)28-19-7-5-6-18(14-19)24(25,26)27/h3-9,14,16-17H,10-13,15H2,1-2H3,(H,28,32). The van der Waals surface area contributed by atoms with E-state index in [4.69, 9.17) is 4.98 Å². The van der Waals surface area contributed by atoms with Crippen LogP contribution < -0.4 is 5.32 Å². The highest BCUT2D eigenvalue weighted by molar-refractivity contribution is 5.92. The van der Waals surface area contributed by atoms with Crippen molar-refractivity contribution in [3.05, 3.63) is 59.9 Å². The number of halogens is 3. The summed E-state index contributed by atoms with van der Waals surface area (Å²) >= 11 is 0. The minimum Gasteiger partial charge on any atom is -0.326 e. The van der Waals surface area contributed by atoms with Gasteiger partial charge in [-0.2, -0.15) is 13.2 Å². The van der Waals surface area contributed by atoms with Crippen LogP contribution in [-0.4, -0.2) is 33.4 Å². The average molecular weight is 445 g/mol. The van der Waals surface area contributed by atoms with Gasteiger partial charge in [0.15, 0.2) is 0 Å². The summed E-state index contributed by atoms with van der Waals surface area (Å²) in [5.74, 6) is 0.566. The highest BCUT2D eigenvalue weighted by Crippen LogP contribution is 2.31. The molecule has 170 valence electrons. The minimum atomic E-state index is -4.43. The van der Waals surface area contributed by atoms with Crippen molar-refractivity contribution in [3.63, 3.8) is 0 Å². The van der Waals surface area contributed by atoms with Crippen molar-refractivity contribution < 1.29 is 18.0 Å². The molecule has 5 nitrogen and oxygen atoms in total. The summed E-state index contributed by atoms with van der Waals surface area (Å²) in [6.45, 7) is 6.46. The number of piperidine rings is 1. The van der Waals surface area contributed by atoms with Gasteiger partial charge in [0.2, 0.25) is 5.91 Å². The monoisotopic (exact) mass is 444 g/mol. The third kappa shape index (κ3) is 4.80. The summed E-state index contributed by atoms with van der Waals surface area (Å²) in [5.41, 5.74) is 1.51. The Bertz CT molecular complexity index is 1100. The van der Waals surface area contributed by atoms with E-state index in [2.05, 4.69) is 34.7 Å². The number of nitrogens with one attached hydrogen (secondary N) is 1. The molecular weight excluding hydrogens is 417 g/mol. The Labute approximate surface area is 185 Å². The van der Waals surface area contributed by atoms with Crippen LogP contribution in [0.4, 0.5) is 18.9 Å². The SMILES string of the molecule is CC(C)n1c(CN2CCC(C(=O)Nc3cccc(C(F)(F)F)c3)CC2)nc2ccccc21. The summed E-state index contributed by atoms with van der Waals surface area (Å²) in [6, 6.07) is 13.1. The number of aromatic nitrogens is 2. The molecule has 1 aliphatic rings. The number of carbonyl (C=O) groups is 1. The zero-order valence-corrected chi connectivity index (χ0v) is 18.2. The molecule has 1 aliphatic heterocycles. The van der Waals surface area contributed by atoms with E-state index in [9.17, 15) is 18.0 Å². The van der Waals surface area contributed by atoms with Crippen LogP contribution in [0, 0.1) is 5.92 Å². The number of benzene rings is 2. The molecule has 0 spiro atoms. The van der Waals surface area contributed by atoms with E-state index < -0.39 is 11.7 Å². The van der Waals surface area contributed by atoms with Crippen LogP contribution in [0.1, 0.15) is 44.1 Å². The molecule has 1 N–H and O–H groups in total. The van der Waals surface area contributed by atoms with E-state index in [1.165, 1.54) is 12.1 Å². The molecule has 1 amide bonds. The Balaban J connectivity index is 1.37. The third-order valence-corrected chi connectivity index (χ3v) is 5.97. The number of carbonyl (C=O) groups excluding carboxylic acids is 1. The molecule has 8 heteroatoms. The Kier molecular flexibility index (Phi) is 6.24. The Morgan fingerprint density at radius 2 is 1.84 bits per heavy atom. The number of rotatable bonds is 5. The lowest BCUT2D eigenvalue weighted by Crippen LogP contribution is -2.38. The highest BCUT2D eigenvalue weighted by atomic mass is 19.4. The first kappa shape index (κ1) is 22.3. The molecule has 1 aromatic heterocycles. The first-order chi connectivity index (χ1) is 15.2. The number of amides is 1. The summed E-state index contributed by atoms with van der Waals surface area (Å²) in [7, 11) is 0. The summed E-state index contributed by atoms with van der Waals surface area (Å²) in [6.07, 6.45) is -3.11. The lowest BCUT2D eigenvalue weighted by molar-refractivity contribution is -0.137. The topological polar surface area (TPSA) is 50.2 Å². The maximum absolute atomic E-state index is 12.9. The van der Waals surface area contributed by atoms with E-state index in [1.807, 2.05) is 18.2 Å².